The monoisotopic (exact) mass is 169 g/mol. The molecule has 1 atom stereocenters. The van der Waals surface area contributed by atoms with Crippen molar-refractivity contribution < 1.29 is 24.0 Å². The minimum absolute atomic E-state index is 0.0683. The maximum atomic E-state index is 10.5. The van der Waals surface area contributed by atoms with Crippen LogP contribution in [-0.2, 0) is 9.09 Å². The molecule has 0 rings (SSSR count). The smallest absolute Gasteiger partial charge is 0.318 e. The highest BCUT2D eigenvalue weighted by Gasteiger charge is 2.29. The molecule has 0 aromatic carbocycles. The van der Waals surface area contributed by atoms with Crippen molar-refractivity contribution in [2.75, 3.05) is 6.61 Å². The Morgan fingerprint density at radius 3 is 2.60 bits per heavy atom. The summed E-state index contributed by atoms with van der Waals surface area (Å²) in [6.07, 6.45) is 0. The van der Waals surface area contributed by atoms with Crippen LogP contribution in [0, 0.1) is 0 Å². The van der Waals surface area contributed by atoms with Crippen LogP contribution < -0.4 is 5.48 Å². The molecule has 0 aromatic rings. The Bertz CT molecular complexity index is 168. The lowest BCUT2D eigenvalue weighted by atomic mass is 10.9. The summed E-state index contributed by atoms with van der Waals surface area (Å²) in [7, 11) is -4.28. The molecule has 3 N–H and O–H groups in total. The van der Waals surface area contributed by atoms with E-state index in [9.17, 15) is 9.36 Å². The van der Waals surface area contributed by atoms with Crippen LogP contribution in [0.25, 0.3) is 0 Å². The van der Waals surface area contributed by atoms with Gasteiger partial charge >= 0.3 is 13.2 Å². The summed E-state index contributed by atoms with van der Waals surface area (Å²) in [6, 6.07) is 0. The van der Waals surface area contributed by atoms with Crippen molar-refractivity contribution in [2.24, 2.45) is 0 Å². The molecule has 0 aliphatic rings. The topological polar surface area (TPSA) is 95.9 Å². The summed E-state index contributed by atoms with van der Waals surface area (Å²) < 4.78 is 14.6. The zero-order valence-electron chi connectivity index (χ0n) is 5.27. The number of carbonyl (C=O) groups excluding carboxylic acids is 1. The minimum Gasteiger partial charge on any atom is -0.318 e. The van der Waals surface area contributed by atoms with Gasteiger partial charge in [-0.25, -0.2) is 10.0 Å². The van der Waals surface area contributed by atoms with Gasteiger partial charge in [0.1, 0.15) is 0 Å². The van der Waals surface area contributed by atoms with E-state index in [2.05, 4.69) is 4.52 Å². The first-order valence-corrected chi connectivity index (χ1v) is 4.04. The van der Waals surface area contributed by atoms with Gasteiger partial charge in [-0.3, -0.25) is 10.0 Å². The van der Waals surface area contributed by atoms with Gasteiger partial charge in [0.2, 0.25) is 0 Å². The molecule has 0 heterocycles. The first-order valence-electron chi connectivity index (χ1n) is 2.46. The lowest BCUT2D eigenvalue weighted by Crippen LogP contribution is -2.17. The van der Waals surface area contributed by atoms with E-state index >= 15 is 0 Å². The van der Waals surface area contributed by atoms with Crippen molar-refractivity contribution in [3.8, 4) is 0 Å². The fraction of sp³-hybridized carbons (Fsp3) is 0.667. The molecule has 7 heteroatoms. The number of hydrogen-bond donors (Lipinski definition) is 3. The third kappa shape index (κ3) is 2.45. The number of hydrogen-bond acceptors (Lipinski definition) is 4. The molecule has 0 aliphatic heterocycles. The normalized spacial score (nSPS) is 15.9. The molecule has 0 aromatic heterocycles. The molecule has 6 nitrogen and oxygen atoms in total. The van der Waals surface area contributed by atoms with E-state index in [1.165, 1.54) is 6.92 Å². The Kier molecular flexibility index (Phi) is 3.52. The van der Waals surface area contributed by atoms with Gasteiger partial charge < -0.3 is 9.42 Å². The van der Waals surface area contributed by atoms with Crippen LogP contribution in [0.15, 0.2) is 0 Å². The molecular weight excluding hydrogens is 161 g/mol. The summed E-state index contributed by atoms with van der Waals surface area (Å²) in [5.74, 6) is 0. The van der Waals surface area contributed by atoms with E-state index in [0.29, 0.717) is 0 Å². The molecule has 0 bridgehead atoms. The number of hydroxylamine groups is 1. The van der Waals surface area contributed by atoms with Gasteiger partial charge in [0.15, 0.2) is 0 Å². The zero-order chi connectivity index (χ0) is 8.20. The van der Waals surface area contributed by atoms with Crippen LogP contribution in [-0.4, -0.2) is 22.4 Å². The number of nitrogens with one attached hydrogen (secondary N) is 1. The van der Waals surface area contributed by atoms with Crippen molar-refractivity contribution in [1.82, 2.24) is 5.48 Å². The van der Waals surface area contributed by atoms with Crippen molar-refractivity contribution >= 4 is 13.2 Å². The molecular formula is C3H8NO5P. The largest absolute Gasteiger partial charge is 0.417 e. The third-order valence-corrected chi connectivity index (χ3v) is 1.88. The molecule has 1 unspecified atom stereocenters. The molecule has 0 saturated heterocycles. The Morgan fingerprint density at radius 1 is 1.80 bits per heavy atom. The Morgan fingerprint density at radius 2 is 2.30 bits per heavy atom. The van der Waals surface area contributed by atoms with Crippen LogP contribution in [0.5, 0.6) is 0 Å². The second kappa shape index (κ2) is 3.68. The Hall–Kier alpha value is -0.420. The molecule has 0 saturated carbocycles. The quantitative estimate of drug-likeness (QED) is 0.321. The van der Waals surface area contributed by atoms with Gasteiger partial charge in [-0.15, -0.1) is 0 Å². The SMILES string of the molecule is CCOP(=O)(O)C(=O)NO. The molecule has 1 amide bonds. The molecule has 0 radical (unpaired) electrons. The van der Waals surface area contributed by atoms with Crippen LogP contribution in [0.1, 0.15) is 6.92 Å². The fourth-order valence-corrected chi connectivity index (χ4v) is 0.890. The summed E-state index contributed by atoms with van der Waals surface area (Å²) >= 11 is 0. The van der Waals surface area contributed by atoms with Crippen LogP contribution in [0.4, 0.5) is 4.79 Å². The van der Waals surface area contributed by atoms with Crippen LogP contribution >= 0.6 is 7.60 Å². The maximum Gasteiger partial charge on any atom is 0.417 e. The van der Waals surface area contributed by atoms with Crippen LogP contribution in [0.3, 0.4) is 0 Å². The van der Waals surface area contributed by atoms with Gasteiger partial charge in [-0.05, 0) is 6.92 Å². The van der Waals surface area contributed by atoms with Gasteiger partial charge in [0, 0.05) is 0 Å². The van der Waals surface area contributed by atoms with E-state index < -0.39 is 13.2 Å². The van der Waals surface area contributed by atoms with E-state index in [4.69, 9.17) is 10.1 Å². The Balaban J connectivity index is 4.11. The Labute approximate surface area is 57.3 Å². The summed E-state index contributed by atoms with van der Waals surface area (Å²) in [5.41, 5.74) is -0.409. The summed E-state index contributed by atoms with van der Waals surface area (Å²) in [4.78, 5) is 18.8. The predicted molar refractivity (Wildman–Crippen MR) is 31.8 cm³/mol. The number of rotatable bonds is 3. The molecule has 0 spiro atoms. The molecule has 0 aliphatic carbocycles. The molecule has 60 valence electrons. The summed E-state index contributed by atoms with van der Waals surface area (Å²) in [5, 5.41) is 7.89. The second-order valence-electron chi connectivity index (χ2n) is 1.36. The average molecular weight is 169 g/mol. The van der Waals surface area contributed by atoms with Gasteiger partial charge in [0.05, 0.1) is 6.61 Å². The van der Waals surface area contributed by atoms with Crippen molar-refractivity contribution in [1.29, 1.82) is 0 Å². The minimum atomic E-state index is -4.28. The lowest BCUT2D eigenvalue weighted by Gasteiger charge is -2.06. The fourth-order valence-electron chi connectivity index (χ4n) is 0.297. The predicted octanol–water partition coefficient (Wildman–Crippen LogP) is 0.307. The van der Waals surface area contributed by atoms with E-state index in [-0.39, 0.29) is 6.61 Å². The van der Waals surface area contributed by atoms with Crippen LogP contribution in [0.2, 0.25) is 0 Å². The highest BCUT2D eigenvalue weighted by atomic mass is 31.2. The van der Waals surface area contributed by atoms with Gasteiger partial charge in [-0.1, -0.05) is 0 Å². The average Bonchev–Trinajstić information content (AvgIpc) is 1.86. The standard InChI is InChI=1S/C3H8NO5P/c1-2-9-10(7,8)3(5)4-6/h6H,2H2,1H3,(H,4,5)(H,7,8). The third-order valence-electron chi connectivity index (χ3n) is 0.656. The van der Waals surface area contributed by atoms with Crippen molar-refractivity contribution in [3.05, 3.63) is 0 Å². The highest BCUT2D eigenvalue weighted by Crippen LogP contribution is 2.41. The second-order valence-corrected chi connectivity index (χ2v) is 3.06. The van der Waals surface area contributed by atoms with E-state index in [0.717, 1.165) is 5.48 Å². The van der Waals surface area contributed by atoms with Crippen molar-refractivity contribution in [2.45, 2.75) is 6.92 Å². The lowest BCUT2D eigenvalue weighted by molar-refractivity contribution is 0.168. The molecule has 0 fully saturated rings. The number of amides is 1. The maximum absolute atomic E-state index is 10.5. The van der Waals surface area contributed by atoms with E-state index in [1.54, 1.807) is 0 Å². The van der Waals surface area contributed by atoms with Crippen molar-refractivity contribution in [3.63, 3.8) is 0 Å². The molecule has 10 heavy (non-hydrogen) atoms. The number of carbonyl (C=O) groups is 1. The summed E-state index contributed by atoms with van der Waals surface area (Å²) in [6.45, 7) is 1.38. The highest BCUT2D eigenvalue weighted by molar-refractivity contribution is 7.70. The van der Waals surface area contributed by atoms with Gasteiger partial charge in [0.25, 0.3) is 0 Å². The van der Waals surface area contributed by atoms with E-state index in [1.807, 2.05) is 0 Å². The first kappa shape index (κ1) is 9.58. The zero-order valence-corrected chi connectivity index (χ0v) is 6.17. The van der Waals surface area contributed by atoms with Gasteiger partial charge in [-0.2, -0.15) is 0 Å². The first-order chi connectivity index (χ1) is 4.54.